The summed E-state index contributed by atoms with van der Waals surface area (Å²) in [6, 6.07) is 0. The Morgan fingerprint density at radius 2 is 1.26 bits per heavy atom. The molecule has 204 valence electrons. The quantitative estimate of drug-likeness (QED) is 0.235. The molecule has 10 nitrogen and oxygen atoms in total. The summed E-state index contributed by atoms with van der Waals surface area (Å²) in [5.41, 5.74) is 0.633. The Bertz CT molecular complexity index is 669. The van der Waals surface area contributed by atoms with E-state index in [1.807, 2.05) is 27.0 Å². The molecule has 0 fully saturated rings. The molecule has 0 unspecified atom stereocenters. The van der Waals surface area contributed by atoms with E-state index in [9.17, 15) is 4.79 Å². The normalized spacial score (nSPS) is 12.4. The van der Waals surface area contributed by atoms with Gasteiger partial charge in [-0.1, -0.05) is 46.8 Å². The largest absolute Gasteiger partial charge is 0.379 e. The number of ketones is 1. The van der Waals surface area contributed by atoms with Gasteiger partial charge in [-0.25, -0.2) is 4.68 Å². The molecule has 0 atom stereocenters. The van der Waals surface area contributed by atoms with E-state index in [0.717, 1.165) is 12.3 Å². The van der Waals surface area contributed by atoms with Crippen LogP contribution in [0.15, 0.2) is 6.20 Å². The molecule has 0 radical (unpaired) electrons. The Hall–Kier alpha value is -1.43. The van der Waals surface area contributed by atoms with E-state index < -0.39 is 0 Å². The van der Waals surface area contributed by atoms with Crippen LogP contribution >= 0.6 is 0 Å². The first-order chi connectivity index (χ1) is 16.6. The summed E-state index contributed by atoms with van der Waals surface area (Å²) >= 11 is 0. The maximum Gasteiger partial charge on any atom is 0.140 e. The van der Waals surface area contributed by atoms with Crippen molar-refractivity contribution in [2.75, 3.05) is 72.7 Å². The van der Waals surface area contributed by atoms with Gasteiger partial charge in [0, 0.05) is 11.8 Å². The predicted molar refractivity (Wildman–Crippen MR) is 132 cm³/mol. The summed E-state index contributed by atoms with van der Waals surface area (Å²) in [4.78, 5) is 11.8. The van der Waals surface area contributed by atoms with Crippen LogP contribution in [0.25, 0.3) is 0 Å². The van der Waals surface area contributed by atoms with Gasteiger partial charge in [-0.15, -0.1) is 5.10 Å². The third kappa shape index (κ3) is 18.5. The SMILES string of the molecule is CC(C)(C)COCCOCCn1cc(COCCOCCOCCOCCC(=O)C(C)(C)C)nn1. The minimum Gasteiger partial charge on any atom is -0.379 e. The first-order valence-corrected chi connectivity index (χ1v) is 12.5. The monoisotopic (exact) mass is 501 g/mol. The molecule has 0 aromatic carbocycles. The molecule has 1 rings (SSSR count). The second-order valence-electron chi connectivity index (χ2n) is 10.5. The molecule has 1 aromatic rings. The molecule has 0 bridgehead atoms. The summed E-state index contributed by atoms with van der Waals surface area (Å²) in [5, 5.41) is 8.18. The van der Waals surface area contributed by atoms with Crippen molar-refractivity contribution < 1.29 is 33.2 Å². The van der Waals surface area contributed by atoms with Crippen molar-refractivity contribution in [3.05, 3.63) is 11.9 Å². The topological polar surface area (TPSA) is 103 Å². The van der Waals surface area contributed by atoms with Gasteiger partial charge in [-0.2, -0.15) is 0 Å². The van der Waals surface area contributed by atoms with Gasteiger partial charge in [0.25, 0.3) is 0 Å². The van der Waals surface area contributed by atoms with Crippen molar-refractivity contribution in [2.45, 2.75) is 61.1 Å². The minimum atomic E-state index is -0.309. The predicted octanol–water partition coefficient (Wildman–Crippen LogP) is 2.93. The average Bonchev–Trinajstić information content (AvgIpc) is 3.22. The van der Waals surface area contributed by atoms with Gasteiger partial charge in [-0.3, -0.25) is 4.79 Å². The van der Waals surface area contributed by atoms with Crippen LogP contribution in [-0.4, -0.2) is 93.5 Å². The van der Waals surface area contributed by atoms with Gasteiger partial charge in [0.15, 0.2) is 0 Å². The molecule has 0 saturated heterocycles. The second-order valence-corrected chi connectivity index (χ2v) is 10.5. The number of aromatic nitrogens is 3. The molecule has 0 spiro atoms. The second kappa shape index (κ2) is 17.9. The smallest absolute Gasteiger partial charge is 0.140 e. The number of rotatable bonds is 21. The van der Waals surface area contributed by atoms with Gasteiger partial charge in [-0.05, 0) is 5.41 Å². The molecule has 35 heavy (non-hydrogen) atoms. The lowest BCUT2D eigenvalue weighted by molar-refractivity contribution is -0.127. The number of carbonyl (C=O) groups is 1. The van der Waals surface area contributed by atoms with Crippen LogP contribution in [0.1, 0.15) is 53.7 Å². The van der Waals surface area contributed by atoms with Gasteiger partial charge in [0.05, 0.1) is 92.0 Å². The lowest BCUT2D eigenvalue weighted by atomic mass is 9.89. The fraction of sp³-hybridized carbons (Fsp3) is 0.880. The van der Waals surface area contributed by atoms with Gasteiger partial charge in [0.2, 0.25) is 0 Å². The highest BCUT2D eigenvalue weighted by atomic mass is 16.6. The Morgan fingerprint density at radius 3 is 1.83 bits per heavy atom. The summed E-state index contributed by atoms with van der Waals surface area (Å²) in [5.74, 6) is 0.206. The molecular weight excluding hydrogens is 454 g/mol. The van der Waals surface area contributed by atoms with Crippen LogP contribution in [0.4, 0.5) is 0 Å². The van der Waals surface area contributed by atoms with Crippen molar-refractivity contribution >= 4 is 5.78 Å². The van der Waals surface area contributed by atoms with Crippen LogP contribution in [-0.2, 0) is 46.4 Å². The van der Waals surface area contributed by atoms with Crippen molar-refractivity contribution in [2.24, 2.45) is 10.8 Å². The van der Waals surface area contributed by atoms with E-state index >= 15 is 0 Å². The lowest BCUT2D eigenvalue weighted by Crippen LogP contribution is -2.22. The fourth-order valence-corrected chi connectivity index (χ4v) is 2.65. The maximum atomic E-state index is 11.8. The number of Topliss-reactive ketones (excluding diaryl/α,β-unsaturated/α-hetero) is 1. The third-order valence-electron chi connectivity index (χ3n) is 4.63. The van der Waals surface area contributed by atoms with Gasteiger partial charge < -0.3 is 28.4 Å². The van der Waals surface area contributed by atoms with Crippen molar-refractivity contribution in [1.29, 1.82) is 0 Å². The van der Waals surface area contributed by atoms with Gasteiger partial charge in [0.1, 0.15) is 11.5 Å². The molecule has 0 amide bonds. The zero-order valence-electron chi connectivity index (χ0n) is 22.7. The third-order valence-corrected chi connectivity index (χ3v) is 4.63. The summed E-state index contributed by atoms with van der Waals surface area (Å²) in [6.07, 6.45) is 2.29. The van der Waals surface area contributed by atoms with E-state index in [2.05, 4.69) is 31.1 Å². The summed E-state index contributed by atoms with van der Waals surface area (Å²) in [7, 11) is 0. The van der Waals surface area contributed by atoms with Crippen LogP contribution in [0.2, 0.25) is 0 Å². The molecule has 0 aliphatic rings. The van der Waals surface area contributed by atoms with Crippen molar-refractivity contribution in [3.63, 3.8) is 0 Å². The Balaban J connectivity index is 1.88. The number of ether oxygens (including phenoxy) is 6. The van der Waals surface area contributed by atoms with Crippen LogP contribution in [0, 0.1) is 10.8 Å². The first kappa shape index (κ1) is 31.6. The first-order valence-electron chi connectivity index (χ1n) is 12.5. The van der Waals surface area contributed by atoms with Crippen molar-refractivity contribution in [3.8, 4) is 0 Å². The average molecular weight is 502 g/mol. The van der Waals surface area contributed by atoms with Crippen LogP contribution in [0.5, 0.6) is 0 Å². The molecule has 0 N–H and O–H groups in total. The summed E-state index contributed by atoms with van der Waals surface area (Å²) in [6.45, 7) is 19.0. The van der Waals surface area contributed by atoms with E-state index in [0.29, 0.717) is 85.6 Å². The van der Waals surface area contributed by atoms with E-state index in [-0.39, 0.29) is 16.6 Å². The molecular formula is C25H47N3O7. The van der Waals surface area contributed by atoms with Crippen LogP contribution in [0.3, 0.4) is 0 Å². The Kier molecular flexibility index (Phi) is 16.2. The highest BCUT2D eigenvalue weighted by Crippen LogP contribution is 2.16. The number of nitrogens with zero attached hydrogens (tertiary/aromatic N) is 3. The lowest BCUT2D eigenvalue weighted by Gasteiger charge is -2.17. The number of hydrogen-bond donors (Lipinski definition) is 0. The highest BCUT2D eigenvalue weighted by molar-refractivity contribution is 5.83. The standard InChI is InChI=1S/C25H47N3O7/c1-24(2,3)21-35-18-16-31-10-8-28-19-22(26-27-28)20-34-17-15-33-14-13-32-12-11-30-9-7-23(29)25(4,5)6/h19H,7-18,20-21H2,1-6H3. The van der Waals surface area contributed by atoms with Crippen LogP contribution < -0.4 is 0 Å². The number of hydrogen-bond acceptors (Lipinski definition) is 9. The minimum absolute atomic E-state index is 0.173. The molecule has 0 saturated carbocycles. The Morgan fingerprint density at radius 1 is 0.743 bits per heavy atom. The van der Waals surface area contributed by atoms with E-state index in [4.69, 9.17) is 28.4 Å². The van der Waals surface area contributed by atoms with E-state index in [1.165, 1.54) is 0 Å². The summed E-state index contributed by atoms with van der Waals surface area (Å²) < 4.78 is 34.8. The molecule has 1 aromatic heterocycles. The molecule has 1 heterocycles. The molecule has 10 heteroatoms. The van der Waals surface area contributed by atoms with Gasteiger partial charge >= 0.3 is 0 Å². The number of carbonyl (C=O) groups excluding carboxylic acids is 1. The Labute approximate surface area is 210 Å². The zero-order valence-corrected chi connectivity index (χ0v) is 22.7. The van der Waals surface area contributed by atoms with E-state index in [1.54, 1.807) is 4.68 Å². The zero-order chi connectivity index (χ0) is 26.0. The fourth-order valence-electron chi connectivity index (χ4n) is 2.65. The highest BCUT2D eigenvalue weighted by Gasteiger charge is 2.20. The molecule has 0 aliphatic carbocycles. The van der Waals surface area contributed by atoms with Crippen molar-refractivity contribution in [1.82, 2.24) is 15.0 Å². The molecule has 0 aliphatic heterocycles. The maximum absolute atomic E-state index is 11.8.